The molecule has 3 aromatic rings. The van der Waals surface area contributed by atoms with Crippen molar-refractivity contribution in [3.05, 3.63) is 89.5 Å². The van der Waals surface area contributed by atoms with Gasteiger partial charge in [0.05, 0.1) is 4.90 Å². The summed E-state index contributed by atoms with van der Waals surface area (Å²) in [5, 5.41) is 2.89. The second-order valence-corrected chi connectivity index (χ2v) is 8.88. The van der Waals surface area contributed by atoms with Gasteiger partial charge in [0, 0.05) is 16.9 Å². The Kier molecular flexibility index (Phi) is 6.03. The minimum absolute atomic E-state index is 0.0313. The molecule has 0 spiro atoms. The summed E-state index contributed by atoms with van der Waals surface area (Å²) in [5.74, 6) is -0.109. The first-order chi connectivity index (χ1) is 13.8. The number of sulfonamides is 1. The molecule has 0 fully saturated rings. The Labute approximate surface area is 171 Å². The highest BCUT2D eigenvalue weighted by atomic mass is 32.2. The number of rotatable bonds is 6. The fraction of sp³-hybridized carbons (Fsp3) is 0.174. The summed E-state index contributed by atoms with van der Waals surface area (Å²) in [6, 6.07) is 20.7. The molecule has 2 N–H and O–H groups in total. The van der Waals surface area contributed by atoms with E-state index in [9.17, 15) is 13.2 Å². The van der Waals surface area contributed by atoms with Crippen LogP contribution in [-0.2, 0) is 10.0 Å². The lowest BCUT2D eigenvalue weighted by molar-refractivity contribution is 0.102. The predicted octanol–water partition coefficient (Wildman–Crippen LogP) is 5.17. The third-order valence-electron chi connectivity index (χ3n) is 4.51. The van der Waals surface area contributed by atoms with Crippen molar-refractivity contribution >= 4 is 27.3 Å². The monoisotopic (exact) mass is 408 g/mol. The molecule has 5 nitrogen and oxygen atoms in total. The predicted molar refractivity (Wildman–Crippen MR) is 117 cm³/mol. The summed E-state index contributed by atoms with van der Waals surface area (Å²) >= 11 is 0. The van der Waals surface area contributed by atoms with Crippen LogP contribution in [0, 0.1) is 6.92 Å². The Hall–Kier alpha value is -3.12. The van der Waals surface area contributed by atoms with Crippen LogP contribution in [0.3, 0.4) is 0 Å². The van der Waals surface area contributed by atoms with Crippen molar-refractivity contribution < 1.29 is 13.2 Å². The molecule has 0 aliphatic carbocycles. The molecule has 1 amide bonds. The number of anilines is 2. The fourth-order valence-electron chi connectivity index (χ4n) is 3.04. The van der Waals surface area contributed by atoms with Gasteiger partial charge < -0.3 is 5.32 Å². The number of carbonyl (C=O) groups is 1. The van der Waals surface area contributed by atoms with Gasteiger partial charge in [-0.1, -0.05) is 50.2 Å². The van der Waals surface area contributed by atoms with Gasteiger partial charge in [-0.25, -0.2) is 8.42 Å². The van der Waals surface area contributed by atoms with E-state index in [0.29, 0.717) is 5.69 Å². The van der Waals surface area contributed by atoms with Crippen LogP contribution in [0.25, 0.3) is 0 Å². The van der Waals surface area contributed by atoms with E-state index in [4.69, 9.17) is 0 Å². The van der Waals surface area contributed by atoms with Gasteiger partial charge in [0.1, 0.15) is 0 Å². The highest BCUT2D eigenvalue weighted by molar-refractivity contribution is 7.92. The highest BCUT2D eigenvalue weighted by Gasteiger charge is 2.17. The van der Waals surface area contributed by atoms with E-state index >= 15 is 0 Å². The quantitative estimate of drug-likeness (QED) is 0.591. The number of para-hydroxylation sites is 1. The number of hydrogen-bond acceptors (Lipinski definition) is 3. The van der Waals surface area contributed by atoms with Crippen molar-refractivity contribution in [1.82, 2.24) is 0 Å². The normalized spacial score (nSPS) is 11.3. The van der Waals surface area contributed by atoms with Gasteiger partial charge in [0.25, 0.3) is 15.9 Å². The van der Waals surface area contributed by atoms with Gasteiger partial charge in [-0.15, -0.1) is 0 Å². The minimum Gasteiger partial charge on any atom is -0.322 e. The van der Waals surface area contributed by atoms with Crippen molar-refractivity contribution in [2.24, 2.45) is 0 Å². The van der Waals surface area contributed by atoms with Gasteiger partial charge in [-0.3, -0.25) is 9.52 Å². The maximum Gasteiger partial charge on any atom is 0.261 e. The SMILES string of the molecule is Cc1cccc(NS(=O)(=O)c2cccc(C(=O)Nc3ccccc3C(C)C)c2)c1. The second-order valence-electron chi connectivity index (χ2n) is 7.20. The zero-order valence-electron chi connectivity index (χ0n) is 16.6. The second kappa shape index (κ2) is 8.49. The Balaban J connectivity index is 1.84. The zero-order chi connectivity index (χ0) is 21.0. The van der Waals surface area contributed by atoms with E-state index in [1.54, 1.807) is 30.3 Å². The van der Waals surface area contributed by atoms with Crippen molar-refractivity contribution in [3.8, 4) is 0 Å². The molecule has 0 radical (unpaired) electrons. The molecule has 0 aliphatic rings. The van der Waals surface area contributed by atoms with Crippen molar-refractivity contribution in [1.29, 1.82) is 0 Å². The summed E-state index contributed by atoms with van der Waals surface area (Å²) in [6.07, 6.45) is 0. The number of hydrogen-bond donors (Lipinski definition) is 2. The van der Waals surface area contributed by atoms with Crippen molar-refractivity contribution in [2.75, 3.05) is 10.0 Å². The molecule has 6 heteroatoms. The Morgan fingerprint density at radius 2 is 1.62 bits per heavy atom. The standard InChI is InChI=1S/C23H24N2O3S/c1-16(2)21-12-4-5-13-22(21)24-23(26)18-9-7-11-20(15-18)29(27,28)25-19-10-6-8-17(3)14-19/h4-16,25H,1-3H3,(H,24,26). The van der Waals surface area contributed by atoms with Crippen LogP contribution >= 0.6 is 0 Å². The molecule has 0 saturated heterocycles. The smallest absolute Gasteiger partial charge is 0.261 e. The Bertz CT molecular complexity index is 1140. The molecule has 29 heavy (non-hydrogen) atoms. The first-order valence-electron chi connectivity index (χ1n) is 9.36. The van der Waals surface area contributed by atoms with Crippen molar-refractivity contribution in [2.45, 2.75) is 31.6 Å². The number of nitrogens with one attached hydrogen (secondary N) is 2. The van der Waals surface area contributed by atoms with Crippen molar-refractivity contribution in [3.63, 3.8) is 0 Å². The van der Waals surface area contributed by atoms with Gasteiger partial charge in [0.15, 0.2) is 0 Å². The molecular formula is C23H24N2O3S. The molecule has 0 unspecified atom stereocenters. The van der Waals surface area contributed by atoms with Crippen LogP contribution in [-0.4, -0.2) is 14.3 Å². The maximum atomic E-state index is 12.7. The molecule has 150 valence electrons. The van der Waals surface area contributed by atoms with Gasteiger partial charge >= 0.3 is 0 Å². The molecule has 0 aliphatic heterocycles. The summed E-state index contributed by atoms with van der Waals surface area (Å²) < 4.78 is 28.0. The van der Waals surface area contributed by atoms with Gasteiger partial charge in [-0.2, -0.15) is 0 Å². The lowest BCUT2D eigenvalue weighted by Gasteiger charge is -2.14. The molecule has 0 aromatic heterocycles. The van der Waals surface area contributed by atoms with Crippen LogP contribution in [0.5, 0.6) is 0 Å². The highest BCUT2D eigenvalue weighted by Crippen LogP contribution is 2.25. The molecular weight excluding hydrogens is 384 g/mol. The minimum atomic E-state index is -3.81. The first kappa shape index (κ1) is 20.6. The molecule has 3 rings (SSSR count). The number of amides is 1. The van der Waals surface area contributed by atoms with E-state index in [2.05, 4.69) is 23.9 Å². The number of aryl methyl sites for hydroxylation is 1. The Morgan fingerprint density at radius 1 is 0.897 bits per heavy atom. The van der Waals surface area contributed by atoms with Crippen LogP contribution in [0.4, 0.5) is 11.4 Å². The first-order valence-corrected chi connectivity index (χ1v) is 10.8. The van der Waals surface area contributed by atoms with E-state index in [1.165, 1.54) is 12.1 Å². The molecule has 3 aromatic carbocycles. The van der Waals surface area contributed by atoms with Gasteiger partial charge in [-0.05, 0) is 60.4 Å². The average Bonchev–Trinajstić information content (AvgIpc) is 2.68. The van der Waals surface area contributed by atoms with Crippen LogP contribution in [0.15, 0.2) is 77.7 Å². The summed E-state index contributed by atoms with van der Waals surface area (Å²) in [5.41, 5.74) is 3.44. The van der Waals surface area contributed by atoms with E-state index in [-0.39, 0.29) is 22.3 Å². The third kappa shape index (κ3) is 5.03. The maximum absolute atomic E-state index is 12.7. The topological polar surface area (TPSA) is 75.3 Å². The van der Waals surface area contributed by atoms with Gasteiger partial charge in [0.2, 0.25) is 0 Å². The number of benzene rings is 3. The lowest BCUT2D eigenvalue weighted by Crippen LogP contribution is -2.16. The van der Waals surface area contributed by atoms with E-state index in [0.717, 1.165) is 16.8 Å². The molecule has 0 bridgehead atoms. The lowest BCUT2D eigenvalue weighted by atomic mass is 10.0. The van der Waals surface area contributed by atoms with E-state index < -0.39 is 10.0 Å². The number of carbonyl (C=O) groups excluding carboxylic acids is 1. The third-order valence-corrected chi connectivity index (χ3v) is 5.89. The van der Waals surface area contributed by atoms with E-state index in [1.807, 2.05) is 37.3 Å². The summed E-state index contributed by atoms with van der Waals surface area (Å²) in [6.45, 7) is 5.99. The summed E-state index contributed by atoms with van der Waals surface area (Å²) in [7, 11) is -3.81. The van der Waals surface area contributed by atoms with Crippen LogP contribution in [0.2, 0.25) is 0 Å². The molecule has 0 heterocycles. The van der Waals surface area contributed by atoms with Crippen LogP contribution < -0.4 is 10.0 Å². The average molecular weight is 409 g/mol. The molecule has 0 atom stereocenters. The molecule has 0 saturated carbocycles. The largest absolute Gasteiger partial charge is 0.322 e. The fourth-order valence-corrected chi connectivity index (χ4v) is 4.13. The summed E-state index contributed by atoms with van der Waals surface area (Å²) in [4.78, 5) is 12.8. The van der Waals surface area contributed by atoms with Crippen LogP contribution in [0.1, 0.15) is 41.3 Å². The zero-order valence-corrected chi connectivity index (χ0v) is 17.5. The Morgan fingerprint density at radius 3 is 2.34 bits per heavy atom.